The van der Waals surface area contributed by atoms with Crippen LogP contribution in [-0.4, -0.2) is 29.3 Å². The molecule has 3 aromatic rings. The molecule has 1 aromatic heterocycles. The Morgan fingerprint density at radius 1 is 1.00 bits per heavy atom. The Labute approximate surface area is 156 Å². The van der Waals surface area contributed by atoms with Gasteiger partial charge in [-0.05, 0) is 33.6 Å². The van der Waals surface area contributed by atoms with Gasteiger partial charge in [0.2, 0.25) is 11.5 Å². The Hall–Kier alpha value is -3.39. The maximum absolute atomic E-state index is 11.8. The van der Waals surface area contributed by atoms with E-state index in [9.17, 15) is 4.79 Å². The van der Waals surface area contributed by atoms with Crippen molar-refractivity contribution >= 4 is 11.7 Å². The second-order valence-corrected chi connectivity index (χ2v) is 5.85. The Morgan fingerprint density at radius 2 is 1.78 bits per heavy atom. The van der Waals surface area contributed by atoms with Crippen LogP contribution in [0.15, 0.2) is 59.2 Å². The number of ether oxygens (including phenoxy) is 1. The number of hydrogen-bond acceptors (Lipinski definition) is 7. The van der Waals surface area contributed by atoms with Gasteiger partial charge in [-0.3, -0.25) is 4.79 Å². The molecule has 2 aromatic carbocycles. The lowest BCUT2D eigenvalue weighted by Crippen LogP contribution is -2.32. The molecule has 3 rings (SSSR count). The fourth-order valence-electron chi connectivity index (χ4n) is 2.38. The van der Waals surface area contributed by atoms with E-state index in [1.165, 1.54) is 0 Å². The van der Waals surface area contributed by atoms with E-state index < -0.39 is 5.91 Å². The first-order chi connectivity index (χ1) is 13.2. The SMILES string of the molecule is Nc1nonc1C(=O)NCCNCc1ccc(OCc2ccccc2)cc1. The number of benzene rings is 2. The molecule has 140 valence electrons. The summed E-state index contributed by atoms with van der Waals surface area (Å²) in [6.45, 7) is 2.26. The average molecular weight is 367 g/mol. The van der Waals surface area contributed by atoms with E-state index in [4.69, 9.17) is 10.5 Å². The molecule has 0 aliphatic rings. The van der Waals surface area contributed by atoms with Crippen molar-refractivity contribution in [3.63, 3.8) is 0 Å². The smallest absolute Gasteiger partial charge is 0.277 e. The van der Waals surface area contributed by atoms with Crippen molar-refractivity contribution in [3.8, 4) is 5.75 Å². The number of rotatable bonds is 9. The molecule has 0 saturated heterocycles. The van der Waals surface area contributed by atoms with Gasteiger partial charge in [0.25, 0.3) is 5.91 Å². The summed E-state index contributed by atoms with van der Waals surface area (Å²) in [5.41, 5.74) is 7.72. The van der Waals surface area contributed by atoms with Crippen LogP contribution >= 0.6 is 0 Å². The zero-order chi connectivity index (χ0) is 18.9. The molecular formula is C19H21N5O3. The summed E-state index contributed by atoms with van der Waals surface area (Å²) in [6.07, 6.45) is 0. The number of nitrogens with two attached hydrogens (primary N) is 1. The predicted molar refractivity (Wildman–Crippen MR) is 100.0 cm³/mol. The fraction of sp³-hybridized carbons (Fsp3) is 0.211. The first-order valence-corrected chi connectivity index (χ1v) is 8.55. The highest BCUT2D eigenvalue weighted by Gasteiger charge is 2.14. The number of nitrogens with zero attached hydrogens (tertiary/aromatic N) is 2. The predicted octanol–water partition coefficient (Wildman–Crippen LogP) is 1.75. The second-order valence-electron chi connectivity index (χ2n) is 5.85. The van der Waals surface area contributed by atoms with Gasteiger partial charge in [0.05, 0.1) is 0 Å². The lowest BCUT2D eigenvalue weighted by atomic mass is 10.2. The molecule has 0 spiro atoms. The van der Waals surface area contributed by atoms with E-state index in [1.54, 1.807) is 0 Å². The number of nitrogen functional groups attached to an aromatic ring is 1. The number of aromatic nitrogens is 2. The van der Waals surface area contributed by atoms with E-state index >= 15 is 0 Å². The van der Waals surface area contributed by atoms with Crippen LogP contribution in [0.4, 0.5) is 5.82 Å². The van der Waals surface area contributed by atoms with E-state index in [0.29, 0.717) is 26.2 Å². The van der Waals surface area contributed by atoms with Crippen LogP contribution in [0.2, 0.25) is 0 Å². The summed E-state index contributed by atoms with van der Waals surface area (Å²) >= 11 is 0. The largest absolute Gasteiger partial charge is 0.489 e. The van der Waals surface area contributed by atoms with Crippen molar-refractivity contribution in [3.05, 3.63) is 71.4 Å². The van der Waals surface area contributed by atoms with E-state index in [2.05, 4.69) is 25.6 Å². The van der Waals surface area contributed by atoms with Gasteiger partial charge in [-0.25, -0.2) is 4.63 Å². The van der Waals surface area contributed by atoms with Crippen molar-refractivity contribution in [1.82, 2.24) is 20.9 Å². The average Bonchev–Trinajstić information content (AvgIpc) is 3.14. The number of carbonyl (C=O) groups excluding carboxylic acids is 1. The van der Waals surface area contributed by atoms with Crippen LogP contribution < -0.4 is 21.1 Å². The lowest BCUT2D eigenvalue weighted by molar-refractivity contribution is 0.0944. The minimum absolute atomic E-state index is 0.00101. The maximum Gasteiger partial charge on any atom is 0.277 e. The fourth-order valence-corrected chi connectivity index (χ4v) is 2.38. The number of nitrogens with one attached hydrogen (secondary N) is 2. The van der Waals surface area contributed by atoms with Crippen LogP contribution in [0.1, 0.15) is 21.6 Å². The van der Waals surface area contributed by atoms with Crippen molar-refractivity contribution in [2.45, 2.75) is 13.2 Å². The third-order valence-electron chi connectivity index (χ3n) is 3.82. The summed E-state index contributed by atoms with van der Waals surface area (Å²) in [4.78, 5) is 11.8. The second kappa shape index (κ2) is 9.35. The summed E-state index contributed by atoms with van der Waals surface area (Å²) < 4.78 is 10.2. The molecule has 0 fully saturated rings. The number of amides is 1. The van der Waals surface area contributed by atoms with Crippen molar-refractivity contribution < 1.29 is 14.2 Å². The molecular weight excluding hydrogens is 346 g/mol. The van der Waals surface area contributed by atoms with Gasteiger partial charge >= 0.3 is 0 Å². The summed E-state index contributed by atoms with van der Waals surface area (Å²) in [5.74, 6) is 0.402. The van der Waals surface area contributed by atoms with Crippen LogP contribution in [-0.2, 0) is 13.2 Å². The molecule has 8 heteroatoms. The van der Waals surface area contributed by atoms with Gasteiger partial charge in [0, 0.05) is 19.6 Å². The van der Waals surface area contributed by atoms with E-state index in [-0.39, 0.29) is 11.5 Å². The molecule has 0 atom stereocenters. The van der Waals surface area contributed by atoms with Gasteiger partial charge < -0.3 is 21.1 Å². The maximum atomic E-state index is 11.8. The first-order valence-electron chi connectivity index (χ1n) is 8.55. The van der Waals surface area contributed by atoms with E-state index in [0.717, 1.165) is 16.9 Å². The Bertz CT molecular complexity index is 849. The van der Waals surface area contributed by atoms with Crippen molar-refractivity contribution in [2.75, 3.05) is 18.8 Å². The highest BCUT2D eigenvalue weighted by atomic mass is 16.6. The molecule has 0 saturated carbocycles. The van der Waals surface area contributed by atoms with Gasteiger partial charge in [-0.15, -0.1) is 0 Å². The molecule has 8 nitrogen and oxygen atoms in total. The van der Waals surface area contributed by atoms with Crippen LogP contribution in [0.3, 0.4) is 0 Å². The Morgan fingerprint density at radius 3 is 2.48 bits per heavy atom. The summed E-state index contributed by atoms with van der Waals surface area (Å²) in [5, 5.41) is 12.8. The van der Waals surface area contributed by atoms with Crippen LogP contribution in [0, 0.1) is 0 Å². The molecule has 4 N–H and O–H groups in total. The summed E-state index contributed by atoms with van der Waals surface area (Å²) in [6, 6.07) is 17.9. The highest BCUT2D eigenvalue weighted by Crippen LogP contribution is 2.14. The van der Waals surface area contributed by atoms with Crippen LogP contribution in [0.5, 0.6) is 5.75 Å². The van der Waals surface area contributed by atoms with Crippen molar-refractivity contribution in [1.29, 1.82) is 0 Å². The van der Waals surface area contributed by atoms with Gasteiger partial charge in [-0.2, -0.15) is 0 Å². The molecule has 0 aliphatic carbocycles. The Kier molecular flexibility index (Phi) is 6.37. The van der Waals surface area contributed by atoms with Gasteiger partial charge in [0.15, 0.2) is 0 Å². The molecule has 0 radical (unpaired) electrons. The normalized spacial score (nSPS) is 10.5. The number of anilines is 1. The third-order valence-corrected chi connectivity index (χ3v) is 3.82. The van der Waals surface area contributed by atoms with Gasteiger partial charge in [-0.1, -0.05) is 42.5 Å². The third kappa shape index (κ3) is 5.55. The quantitative estimate of drug-likeness (QED) is 0.494. The van der Waals surface area contributed by atoms with Gasteiger partial charge in [0.1, 0.15) is 12.4 Å². The van der Waals surface area contributed by atoms with Crippen LogP contribution in [0.25, 0.3) is 0 Å². The molecule has 27 heavy (non-hydrogen) atoms. The Balaban J connectivity index is 1.34. The molecule has 0 aliphatic heterocycles. The molecule has 0 unspecified atom stereocenters. The van der Waals surface area contributed by atoms with Crippen molar-refractivity contribution in [2.24, 2.45) is 0 Å². The lowest BCUT2D eigenvalue weighted by Gasteiger charge is -2.08. The van der Waals surface area contributed by atoms with E-state index in [1.807, 2.05) is 54.6 Å². The number of hydrogen-bond donors (Lipinski definition) is 3. The number of carbonyl (C=O) groups is 1. The highest BCUT2D eigenvalue weighted by molar-refractivity contribution is 5.95. The monoisotopic (exact) mass is 367 g/mol. The first kappa shape index (κ1) is 18.4. The summed E-state index contributed by atoms with van der Waals surface area (Å²) in [7, 11) is 0. The standard InChI is InChI=1S/C19H21N5O3/c20-18-17(23-27-24-18)19(25)22-11-10-21-12-14-6-8-16(9-7-14)26-13-15-4-2-1-3-5-15/h1-9,21H,10-13H2,(H2,20,24)(H,22,25). The molecule has 1 amide bonds. The molecule has 0 bridgehead atoms. The molecule has 1 heterocycles. The topological polar surface area (TPSA) is 115 Å². The zero-order valence-corrected chi connectivity index (χ0v) is 14.7. The minimum atomic E-state index is -0.407. The zero-order valence-electron chi connectivity index (χ0n) is 14.7. The minimum Gasteiger partial charge on any atom is -0.489 e.